The van der Waals surface area contributed by atoms with Gasteiger partial charge in [-0.15, -0.1) is 11.8 Å². The van der Waals surface area contributed by atoms with Crippen molar-refractivity contribution in [2.75, 3.05) is 31.8 Å². The second-order valence-corrected chi connectivity index (χ2v) is 24.0. The minimum absolute atomic E-state index is 0.0353. The fourth-order valence-corrected chi connectivity index (χ4v) is 11.2. The number of hydrogen-bond acceptors (Lipinski definition) is 16. The van der Waals surface area contributed by atoms with E-state index < -0.39 is 76.5 Å². The molecular formula is C59H66ClN8O12S2+. The maximum absolute atomic E-state index is 14.7. The Morgan fingerprint density at radius 1 is 0.902 bits per heavy atom. The molecule has 3 aromatic carbocycles. The van der Waals surface area contributed by atoms with Gasteiger partial charge in [-0.05, 0) is 89.3 Å². The van der Waals surface area contributed by atoms with Crippen LogP contribution in [0.15, 0.2) is 132 Å². The molecule has 2 aliphatic rings. The van der Waals surface area contributed by atoms with E-state index in [4.69, 9.17) is 40.1 Å². The van der Waals surface area contributed by atoms with Crippen molar-refractivity contribution in [1.82, 2.24) is 24.7 Å². The van der Waals surface area contributed by atoms with Crippen LogP contribution < -0.4 is 19.9 Å². The highest BCUT2D eigenvalue weighted by molar-refractivity contribution is 8.00. The molecule has 2 unspecified atom stereocenters. The van der Waals surface area contributed by atoms with Gasteiger partial charge in [-0.25, -0.2) is 24.2 Å². The first kappa shape index (κ1) is 60.2. The fourth-order valence-electron chi connectivity index (χ4n) is 8.87. The lowest BCUT2D eigenvalue weighted by Gasteiger charge is -2.49. The smallest absolute Gasteiger partial charge is 0.413 e. The summed E-state index contributed by atoms with van der Waals surface area (Å²) in [6, 6.07) is 30.0. The molecule has 1 fully saturated rings. The van der Waals surface area contributed by atoms with Crippen LogP contribution in [-0.4, -0.2) is 116 Å². The third-order valence-electron chi connectivity index (χ3n) is 12.8. The fraction of sp³-hybridized carbons (Fsp3) is 0.373. The predicted molar refractivity (Wildman–Crippen MR) is 310 cm³/mol. The number of carbonyl (C=O) groups is 6. The van der Waals surface area contributed by atoms with Crippen LogP contribution in [0.3, 0.4) is 0 Å². The van der Waals surface area contributed by atoms with Gasteiger partial charge in [-0.3, -0.25) is 19.8 Å². The number of nitrogens with one attached hydrogen (secondary N) is 2. The zero-order valence-electron chi connectivity index (χ0n) is 47.0. The van der Waals surface area contributed by atoms with Crippen molar-refractivity contribution < 1.29 is 61.9 Å². The lowest BCUT2D eigenvalue weighted by Crippen LogP contribution is -2.71. The number of amides is 4. The summed E-state index contributed by atoms with van der Waals surface area (Å²) in [5.74, 6) is -2.24. The van der Waals surface area contributed by atoms with Crippen molar-refractivity contribution in [2.24, 2.45) is 5.16 Å². The predicted octanol–water partition coefficient (Wildman–Crippen LogP) is 9.58. The normalized spacial score (nSPS) is 15.7. The Hall–Kier alpha value is -7.95. The van der Waals surface area contributed by atoms with Crippen molar-refractivity contribution >= 4 is 92.5 Å². The van der Waals surface area contributed by atoms with Gasteiger partial charge in [0.15, 0.2) is 29.7 Å². The van der Waals surface area contributed by atoms with E-state index in [1.807, 2.05) is 117 Å². The molecule has 0 saturated carbocycles. The largest absolute Gasteiger partial charge is 0.497 e. The molecular weight excluding hydrogens is 1110 g/mol. The highest BCUT2D eigenvalue weighted by Crippen LogP contribution is 2.41. The van der Waals surface area contributed by atoms with E-state index in [1.54, 1.807) is 71.0 Å². The van der Waals surface area contributed by atoms with Gasteiger partial charge in [0, 0.05) is 49.8 Å². The molecule has 432 valence electrons. The van der Waals surface area contributed by atoms with E-state index in [2.05, 4.69) is 25.3 Å². The molecule has 2 aliphatic heterocycles. The van der Waals surface area contributed by atoms with E-state index in [0.29, 0.717) is 47.5 Å². The van der Waals surface area contributed by atoms with Crippen LogP contribution in [0.4, 0.5) is 14.7 Å². The summed E-state index contributed by atoms with van der Waals surface area (Å²) >= 11 is 8.90. The first-order chi connectivity index (χ1) is 39.1. The van der Waals surface area contributed by atoms with Crippen molar-refractivity contribution in [2.45, 2.75) is 116 Å². The SMILES string of the molecule is CC[C@@H](ON=C(C(=O)NC1C(=O)N2C(C(=O)OCc3ccc(OC)cc3)=C(C[n+]3cccc4c3ccn4CCCN(C)C(=O)OC(C)(C)C)CSC12)c1nc(NC(=O)OC(C)(C)C)sc1Cl)C(=O)OC(c1ccccc1)c1ccccc1. The monoisotopic (exact) mass is 1180 g/mol. The second kappa shape index (κ2) is 26.3. The number of thioether (sulfide) groups is 1. The maximum atomic E-state index is 14.7. The number of esters is 2. The molecule has 82 heavy (non-hydrogen) atoms. The summed E-state index contributed by atoms with van der Waals surface area (Å²) in [5.41, 5.74) is 2.27. The molecule has 6 aromatic rings. The summed E-state index contributed by atoms with van der Waals surface area (Å²) in [5, 5.41) is 8.65. The number of aromatic nitrogens is 3. The lowest BCUT2D eigenvalue weighted by atomic mass is 10.0. The summed E-state index contributed by atoms with van der Waals surface area (Å²) in [4.78, 5) is 96.5. The average molecular weight is 1180 g/mol. The highest BCUT2D eigenvalue weighted by Gasteiger charge is 2.55. The highest BCUT2D eigenvalue weighted by atomic mass is 35.5. The number of aryl methyl sites for hydroxylation is 1. The number of oxime groups is 1. The van der Waals surface area contributed by atoms with E-state index in [9.17, 15) is 28.8 Å². The van der Waals surface area contributed by atoms with Gasteiger partial charge in [-0.1, -0.05) is 108 Å². The van der Waals surface area contributed by atoms with Crippen LogP contribution in [0, 0.1) is 0 Å². The zero-order valence-corrected chi connectivity index (χ0v) is 49.4. The number of benzene rings is 3. The second-order valence-electron chi connectivity index (χ2n) is 21.3. The Kier molecular flexibility index (Phi) is 19.3. The molecule has 3 aromatic heterocycles. The molecule has 23 heteroatoms. The minimum atomic E-state index is -1.35. The van der Waals surface area contributed by atoms with Crippen molar-refractivity contribution in [3.63, 3.8) is 0 Å². The van der Waals surface area contributed by atoms with Crippen molar-refractivity contribution in [3.8, 4) is 5.75 Å². The quantitative estimate of drug-likeness (QED) is 0.0171. The van der Waals surface area contributed by atoms with Gasteiger partial charge in [0.05, 0.1) is 7.11 Å². The first-order valence-corrected chi connectivity index (χ1v) is 28.8. The number of methoxy groups -OCH3 is 1. The van der Waals surface area contributed by atoms with Crippen molar-refractivity contribution in [3.05, 3.63) is 154 Å². The molecule has 0 spiro atoms. The van der Waals surface area contributed by atoms with Gasteiger partial charge in [0.2, 0.25) is 11.6 Å². The molecule has 0 radical (unpaired) electrons. The van der Waals surface area contributed by atoms with Gasteiger partial charge in [0.25, 0.3) is 11.8 Å². The number of fused-ring (bicyclic) bond motifs is 2. The van der Waals surface area contributed by atoms with Crippen LogP contribution in [0.5, 0.6) is 5.75 Å². The molecule has 0 aliphatic carbocycles. The Morgan fingerprint density at radius 3 is 2.21 bits per heavy atom. The number of carbonyl (C=O) groups excluding carboxylic acids is 6. The van der Waals surface area contributed by atoms with Crippen LogP contribution >= 0.6 is 34.7 Å². The van der Waals surface area contributed by atoms with E-state index >= 15 is 0 Å². The molecule has 20 nitrogen and oxygen atoms in total. The van der Waals surface area contributed by atoms with Gasteiger partial charge < -0.3 is 43.3 Å². The molecule has 0 bridgehead atoms. The minimum Gasteiger partial charge on any atom is -0.497 e. The molecule has 5 heterocycles. The number of pyridine rings is 1. The van der Waals surface area contributed by atoms with Crippen LogP contribution in [0.1, 0.15) is 89.8 Å². The Morgan fingerprint density at radius 2 is 1.57 bits per heavy atom. The number of β-lactam (4-membered cyclic amide) rings is 1. The maximum Gasteiger partial charge on any atom is 0.413 e. The molecule has 3 atom stereocenters. The summed E-state index contributed by atoms with van der Waals surface area (Å²) < 4.78 is 32.2. The molecule has 4 amide bonds. The Labute approximate surface area is 488 Å². The lowest BCUT2D eigenvalue weighted by molar-refractivity contribution is -0.663. The number of halogens is 1. The average Bonchev–Trinajstić information content (AvgIpc) is 2.42. The summed E-state index contributed by atoms with van der Waals surface area (Å²) in [6.07, 6.45) is 1.16. The first-order valence-electron chi connectivity index (χ1n) is 26.5. The standard InChI is InChI=1S/C59H65ClN8O12S2/c1-10-43(53(71)77-48(37-19-13-11-14-20-37)38-21-15-12-16-22-38)80-64-45(44-49(60)82-55(62-44)63-56(73)78-58(2,3)4)50(69)61-46-51(70)68-47(54(72)76-34-36-24-26-40(75-9)27-25-36)39(35-81-52(46)68)33-67-30-17-23-41-42(67)28-32-66(41)31-18-29-65(8)57(74)79-59(5,6)7/h11-17,19-28,30,32,43,46,48,52H,10,18,29,31,33-35H2,1-9H3,(H-,61,62,63,69,73)/p+1/t43-,46?,52?/m1/s1. The van der Waals surface area contributed by atoms with Crippen LogP contribution in [0.2, 0.25) is 4.34 Å². The van der Waals surface area contributed by atoms with Gasteiger partial charge in [0.1, 0.15) is 56.2 Å². The van der Waals surface area contributed by atoms with Gasteiger partial charge >= 0.3 is 24.1 Å². The third kappa shape index (κ3) is 14.9. The van der Waals surface area contributed by atoms with Crippen molar-refractivity contribution in [1.29, 1.82) is 0 Å². The number of hydrogen-bond donors (Lipinski definition) is 2. The molecule has 8 rings (SSSR count). The third-order valence-corrected chi connectivity index (χ3v) is 15.3. The number of rotatable bonds is 21. The summed E-state index contributed by atoms with van der Waals surface area (Å²) in [6.45, 7) is 13.4. The van der Waals surface area contributed by atoms with E-state index in [1.165, 1.54) is 16.7 Å². The Balaban J connectivity index is 1.06. The van der Waals surface area contributed by atoms with E-state index in [-0.39, 0.29) is 46.2 Å². The molecule has 2 N–H and O–H groups in total. The number of anilines is 1. The topological polar surface area (TPSA) is 222 Å². The Bertz CT molecular complexity index is 3320. The van der Waals surface area contributed by atoms with Crippen LogP contribution in [0.25, 0.3) is 11.0 Å². The molecule has 1 saturated heterocycles. The number of ether oxygens (including phenoxy) is 5. The number of nitrogens with zero attached hydrogens (tertiary/aromatic N) is 6. The summed E-state index contributed by atoms with van der Waals surface area (Å²) in [7, 11) is 3.26. The zero-order chi connectivity index (χ0) is 58.9. The van der Waals surface area contributed by atoms with Gasteiger partial charge in [-0.2, -0.15) is 4.57 Å². The van der Waals surface area contributed by atoms with Crippen LogP contribution in [-0.2, 0) is 62.7 Å². The van der Waals surface area contributed by atoms with E-state index in [0.717, 1.165) is 22.4 Å². The number of thiazole rings is 1.